The van der Waals surface area contributed by atoms with Crippen LogP contribution in [0.5, 0.6) is 5.75 Å². The molecule has 3 rings (SSSR count). The van der Waals surface area contributed by atoms with Gasteiger partial charge in [0, 0.05) is 13.1 Å². The number of hydrogen-bond acceptors (Lipinski definition) is 7. The number of anilines is 1. The number of aryl methyl sites for hydroxylation is 2. The van der Waals surface area contributed by atoms with Crippen LogP contribution < -0.4 is 20.7 Å². The van der Waals surface area contributed by atoms with Crippen molar-refractivity contribution in [3.05, 3.63) is 64.4 Å². The van der Waals surface area contributed by atoms with E-state index >= 15 is 0 Å². The third-order valence-corrected chi connectivity index (χ3v) is 8.41. The van der Waals surface area contributed by atoms with Crippen LogP contribution in [0, 0.1) is 13.8 Å². The number of nitrogens with one attached hydrogen (secondary N) is 3. The van der Waals surface area contributed by atoms with E-state index < -0.39 is 28.1 Å². The predicted octanol–water partition coefficient (Wildman–Crippen LogP) is 3.63. The van der Waals surface area contributed by atoms with Crippen LogP contribution in [0.1, 0.15) is 43.5 Å². The Labute approximate surface area is 224 Å². The van der Waals surface area contributed by atoms with Gasteiger partial charge in [-0.1, -0.05) is 37.6 Å². The Hall–Kier alpha value is -3.57. The number of sulfonamides is 1. The highest BCUT2D eigenvalue weighted by molar-refractivity contribution is 7.89. The minimum absolute atomic E-state index is 0.00800. The molecule has 0 saturated heterocycles. The van der Waals surface area contributed by atoms with Gasteiger partial charge in [0.2, 0.25) is 10.0 Å². The number of carbonyl (C=O) groups excluding carboxylic acids is 2. The van der Waals surface area contributed by atoms with Gasteiger partial charge in [0.05, 0.1) is 48.2 Å². The van der Waals surface area contributed by atoms with Crippen LogP contribution >= 0.6 is 0 Å². The summed E-state index contributed by atoms with van der Waals surface area (Å²) in [5.41, 5.74) is 3.65. The summed E-state index contributed by atoms with van der Waals surface area (Å²) < 4.78 is 38.3. The molecule has 11 heteroatoms. The Bertz CT molecular complexity index is 1340. The molecule has 0 bridgehead atoms. The zero-order chi connectivity index (χ0) is 28.0. The highest BCUT2D eigenvalue weighted by Gasteiger charge is 2.34. The number of carbonyl (C=O) groups is 2. The number of ether oxygens (including phenoxy) is 2. The lowest BCUT2D eigenvalue weighted by Crippen LogP contribution is -2.47. The van der Waals surface area contributed by atoms with E-state index in [1.54, 1.807) is 26.8 Å². The Morgan fingerprint density at radius 2 is 1.79 bits per heavy atom. The summed E-state index contributed by atoms with van der Waals surface area (Å²) in [5, 5.41) is 8.73. The minimum atomic E-state index is -3.71. The summed E-state index contributed by atoms with van der Waals surface area (Å²) in [6.07, 6.45) is 0. The second-order valence-electron chi connectivity index (χ2n) is 8.81. The first-order valence-corrected chi connectivity index (χ1v) is 14.0. The fraction of sp³-hybridized carbons (Fsp3) is 0.407. The second-order valence-corrected chi connectivity index (χ2v) is 10.7. The number of methoxy groups -OCH3 is 1. The fourth-order valence-corrected chi connectivity index (χ4v) is 5.88. The van der Waals surface area contributed by atoms with Gasteiger partial charge < -0.3 is 25.4 Å². The van der Waals surface area contributed by atoms with E-state index in [2.05, 4.69) is 16.0 Å². The van der Waals surface area contributed by atoms with E-state index in [1.165, 1.54) is 23.5 Å². The van der Waals surface area contributed by atoms with E-state index in [0.717, 1.165) is 16.7 Å². The normalized spacial score (nSPS) is 15.7. The monoisotopic (exact) mass is 544 g/mol. The third kappa shape index (κ3) is 6.11. The molecule has 38 heavy (non-hydrogen) atoms. The van der Waals surface area contributed by atoms with E-state index in [-0.39, 0.29) is 23.6 Å². The van der Waals surface area contributed by atoms with Gasteiger partial charge in [0.15, 0.2) is 0 Å². The third-order valence-electron chi connectivity index (χ3n) is 6.36. The molecule has 1 aliphatic rings. The van der Waals surface area contributed by atoms with Gasteiger partial charge in [-0.15, -0.1) is 0 Å². The van der Waals surface area contributed by atoms with Gasteiger partial charge in [0.1, 0.15) is 5.75 Å². The summed E-state index contributed by atoms with van der Waals surface area (Å²) in [6.45, 7) is 9.96. The summed E-state index contributed by atoms with van der Waals surface area (Å²) in [6, 6.07) is 9.18. The van der Waals surface area contributed by atoms with Crippen molar-refractivity contribution >= 4 is 27.7 Å². The van der Waals surface area contributed by atoms with Gasteiger partial charge >= 0.3 is 12.0 Å². The van der Waals surface area contributed by atoms with Crippen LogP contribution in [0.2, 0.25) is 0 Å². The first-order valence-electron chi connectivity index (χ1n) is 12.5. The molecule has 2 aromatic carbocycles. The van der Waals surface area contributed by atoms with E-state index in [0.29, 0.717) is 30.2 Å². The lowest BCUT2D eigenvalue weighted by Gasteiger charge is -2.30. The molecule has 0 radical (unpaired) electrons. The van der Waals surface area contributed by atoms with E-state index in [4.69, 9.17) is 9.47 Å². The quantitative estimate of drug-likeness (QED) is 0.369. The molecule has 1 heterocycles. The second kappa shape index (κ2) is 12.3. The lowest BCUT2D eigenvalue weighted by molar-refractivity contribution is -0.139. The fourth-order valence-electron chi connectivity index (χ4n) is 4.39. The molecule has 0 spiro atoms. The molecule has 0 unspecified atom stereocenters. The van der Waals surface area contributed by atoms with Crippen molar-refractivity contribution in [2.75, 3.05) is 38.7 Å². The summed E-state index contributed by atoms with van der Waals surface area (Å²) >= 11 is 0. The zero-order valence-electron chi connectivity index (χ0n) is 22.7. The van der Waals surface area contributed by atoms with E-state index in [9.17, 15) is 18.0 Å². The van der Waals surface area contributed by atoms with Gasteiger partial charge in [0.25, 0.3) is 0 Å². The zero-order valence-corrected chi connectivity index (χ0v) is 23.5. The molecule has 206 valence electrons. The number of hydrogen-bond donors (Lipinski definition) is 3. The molecular formula is C27H36N4O6S. The number of amides is 2. The molecule has 0 aromatic heterocycles. The van der Waals surface area contributed by atoms with Crippen LogP contribution in [0.4, 0.5) is 10.5 Å². The SMILES string of the molecule is CCOC(=O)C1=C(CNc2cc(S(=O)(=O)N(CC)CC)ccc2OC)NC(=O)N[C@H]1c1cc(C)ccc1C. The predicted molar refractivity (Wildman–Crippen MR) is 146 cm³/mol. The van der Waals surface area contributed by atoms with Gasteiger partial charge in [-0.2, -0.15) is 4.31 Å². The molecular weight excluding hydrogens is 508 g/mol. The topological polar surface area (TPSA) is 126 Å². The van der Waals surface area contributed by atoms with Gasteiger partial charge in [-0.05, 0) is 50.1 Å². The number of nitrogens with zero attached hydrogens (tertiary/aromatic N) is 1. The molecule has 1 atom stereocenters. The van der Waals surface area contributed by atoms with Crippen molar-refractivity contribution in [3.8, 4) is 5.75 Å². The maximum absolute atomic E-state index is 13.1. The Morgan fingerprint density at radius 3 is 2.42 bits per heavy atom. The number of urea groups is 1. The lowest BCUT2D eigenvalue weighted by atomic mass is 9.91. The van der Waals surface area contributed by atoms with Crippen molar-refractivity contribution in [1.82, 2.24) is 14.9 Å². The summed E-state index contributed by atoms with van der Waals surface area (Å²) in [4.78, 5) is 25.9. The molecule has 0 saturated carbocycles. The summed E-state index contributed by atoms with van der Waals surface area (Å²) in [5.74, 6) is -0.152. The molecule has 0 fully saturated rings. The van der Waals surface area contributed by atoms with Crippen molar-refractivity contribution in [2.24, 2.45) is 0 Å². The Morgan fingerprint density at radius 1 is 1.08 bits per heavy atom. The van der Waals surface area contributed by atoms with Crippen molar-refractivity contribution in [3.63, 3.8) is 0 Å². The number of rotatable bonds is 11. The van der Waals surface area contributed by atoms with Crippen LogP contribution in [0.25, 0.3) is 0 Å². The molecule has 3 N–H and O–H groups in total. The highest BCUT2D eigenvalue weighted by Crippen LogP contribution is 2.32. The van der Waals surface area contributed by atoms with Crippen molar-refractivity contribution in [2.45, 2.75) is 45.6 Å². The average molecular weight is 545 g/mol. The Kier molecular flexibility index (Phi) is 9.40. The Balaban J connectivity index is 2.06. The molecule has 10 nitrogen and oxygen atoms in total. The number of benzene rings is 2. The summed E-state index contributed by atoms with van der Waals surface area (Å²) in [7, 11) is -2.24. The smallest absolute Gasteiger partial charge is 0.338 e. The van der Waals surface area contributed by atoms with Gasteiger partial charge in [-0.25, -0.2) is 18.0 Å². The maximum atomic E-state index is 13.1. The highest BCUT2D eigenvalue weighted by atomic mass is 32.2. The van der Waals surface area contributed by atoms with Crippen molar-refractivity contribution < 1.29 is 27.5 Å². The van der Waals surface area contributed by atoms with Crippen LogP contribution in [0.15, 0.2) is 52.6 Å². The van der Waals surface area contributed by atoms with E-state index in [1.807, 2.05) is 32.0 Å². The maximum Gasteiger partial charge on any atom is 0.338 e. The molecule has 2 aromatic rings. The minimum Gasteiger partial charge on any atom is -0.495 e. The van der Waals surface area contributed by atoms with Gasteiger partial charge in [-0.3, -0.25) is 0 Å². The molecule has 1 aliphatic heterocycles. The van der Waals surface area contributed by atoms with Crippen LogP contribution in [0.3, 0.4) is 0 Å². The van der Waals surface area contributed by atoms with Crippen LogP contribution in [-0.2, 0) is 19.6 Å². The molecule has 2 amide bonds. The van der Waals surface area contributed by atoms with Crippen molar-refractivity contribution in [1.29, 1.82) is 0 Å². The largest absolute Gasteiger partial charge is 0.495 e. The number of esters is 1. The molecule has 0 aliphatic carbocycles. The average Bonchev–Trinajstić information content (AvgIpc) is 2.88. The first kappa shape index (κ1) is 29.0. The first-order chi connectivity index (χ1) is 18.1. The van der Waals surface area contributed by atoms with Crippen LogP contribution in [-0.4, -0.2) is 58.1 Å². The standard InChI is InChI=1S/C27H36N4O6S/c1-7-31(8-2)38(34,35)19-12-13-23(36-6)21(15-19)28-16-22-24(26(32)37-9-3)25(30-27(33)29-22)20-14-17(4)10-11-18(20)5/h10-15,25,28H,7-9,16H2,1-6H3,(H2,29,30,33)/t25-/m0/s1.